The molecule has 126 valence electrons. The van der Waals surface area contributed by atoms with Gasteiger partial charge >= 0.3 is 0 Å². The second-order valence-electron chi connectivity index (χ2n) is 5.17. The third kappa shape index (κ3) is 4.77. The van der Waals surface area contributed by atoms with Crippen LogP contribution < -0.4 is 14.8 Å². The molecule has 0 bridgehead atoms. The Balaban J connectivity index is 2.06. The van der Waals surface area contributed by atoms with E-state index in [4.69, 9.17) is 21.1 Å². The van der Waals surface area contributed by atoms with Gasteiger partial charge in [-0.1, -0.05) is 29.8 Å². The number of amides is 1. The number of rotatable bonds is 6. The first-order valence-corrected chi connectivity index (χ1v) is 7.95. The first kappa shape index (κ1) is 17.9. The van der Waals surface area contributed by atoms with Gasteiger partial charge in [0.1, 0.15) is 0 Å². The highest BCUT2D eigenvalue weighted by Crippen LogP contribution is 2.29. The molecule has 0 unspecified atom stereocenters. The molecule has 2 rings (SSSR count). The number of halogens is 1. The molecular formula is C19H20ClNO3. The van der Waals surface area contributed by atoms with Gasteiger partial charge in [0.05, 0.1) is 7.11 Å². The minimum Gasteiger partial charge on any atom is -0.493 e. The molecule has 0 aliphatic heterocycles. The summed E-state index contributed by atoms with van der Waals surface area (Å²) in [5.41, 5.74) is 1.66. The SMILES string of the molecule is C/C=C/c1ccc(O[C@H](C)C(=O)Nc2ccc(Cl)cc2)c(OC)c1. The Bertz CT molecular complexity index is 726. The number of hydrogen-bond donors (Lipinski definition) is 1. The van der Waals surface area contributed by atoms with Crippen LogP contribution in [0.2, 0.25) is 5.02 Å². The van der Waals surface area contributed by atoms with Crippen molar-refractivity contribution in [2.45, 2.75) is 20.0 Å². The summed E-state index contributed by atoms with van der Waals surface area (Å²) >= 11 is 5.83. The highest BCUT2D eigenvalue weighted by atomic mass is 35.5. The molecule has 2 aromatic carbocycles. The van der Waals surface area contributed by atoms with Gasteiger partial charge in [-0.2, -0.15) is 0 Å². The van der Waals surface area contributed by atoms with E-state index in [1.165, 1.54) is 0 Å². The molecule has 1 N–H and O–H groups in total. The van der Waals surface area contributed by atoms with Crippen molar-refractivity contribution in [2.24, 2.45) is 0 Å². The second kappa shape index (κ2) is 8.41. The molecule has 5 heteroatoms. The van der Waals surface area contributed by atoms with Crippen LogP contribution in [-0.4, -0.2) is 19.1 Å². The Kier molecular flexibility index (Phi) is 6.27. The maximum Gasteiger partial charge on any atom is 0.265 e. The van der Waals surface area contributed by atoms with Crippen LogP contribution in [0.4, 0.5) is 5.69 Å². The van der Waals surface area contributed by atoms with Gasteiger partial charge in [0.25, 0.3) is 5.91 Å². The number of ether oxygens (including phenoxy) is 2. The summed E-state index contributed by atoms with van der Waals surface area (Å²) in [5, 5.41) is 3.40. The number of carbonyl (C=O) groups is 1. The Hall–Kier alpha value is -2.46. The summed E-state index contributed by atoms with van der Waals surface area (Å²) in [6.45, 7) is 3.63. The van der Waals surface area contributed by atoms with Gasteiger partial charge in [-0.25, -0.2) is 0 Å². The lowest BCUT2D eigenvalue weighted by Crippen LogP contribution is -2.30. The quantitative estimate of drug-likeness (QED) is 0.819. The van der Waals surface area contributed by atoms with Crippen LogP contribution in [0.5, 0.6) is 11.5 Å². The first-order valence-electron chi connectivity index (χ1n) is 7.57. The molecule has 0 saturated carbocycles. The fourth-order valence-corrected chi connectivity index (χ4v) is 2.22. The smallest absolute Gasteiger partial charge is 0.265 e. The van der Waals surface area contributed by atoms with Gasteiger partial charge < -0.3 is 14.8 Å². The molecule has 0 saturated heterocycles. The molecule has 4 nitrogen and oxygen atoms in total. The number of allylic oxidation sites excluding steroid dienone is 1. The zero-order chi connectivity index (χ0) is 17.5. The van der Waals surface area contributed by atoms with Gasteiger partial charge in [-0.3, -0.25) is 4.79 Å². The van der Waals surface area contributed by atoms with Gasteiger partial charge in [0, 0.05) is 10.7 Å². The second-order valence-corrected chi connectivity index (χ2v) is 5.60. The van der Waals surface area contributed by atoms with Crippen molar-refractivity contribution in [2.75, 3.05) is 12.4 Å². The average molecular weight is 346 g/mol. The standard InChI is InChI=1S/C19H20ClNO3/c1-4-5-14-6-11-17(18(12-14)23-3)24-13(2)19(22)21-16-9-7-15(20)8-10-16/h4-13H,1-3H3,(H,21,22)/b5-4+/t13-/m1/s1. The largest absolute Gasteiger partial charge is 0.493 e. The van der Waals surface area contributed by atoms with Crippen LogP contribution >= 0.6 is 11.6 Å². The van der Waals surface area contributed by atoms with Gasteiger partial charge in [0.15, 0.2) is 17.6 Å². The Morgan fingerprint density at radius 3 is 2.50 bits per heavy atom. The number of nitrogens with one attached hydrogen (secondary N) is 1. The van der Waals surface area contributed by atoms with Crippen LogP contribution in [0, 0.1) is 0 Å². The molecule has 2 aromatic rings. The van der Waals surface area contributed by atoms with Crippen LogP contribution in [0.15, 0.2) is 48.5 Å². The van der Waals surface area contributed by atoms with E-state index in [0.717, 1.165) is 5.56 Å². The third-order valence-corrected chi connectivity index (χ3v) is 3.58. The molecule has 0 aromatic heterocycles. The molecule has 0 heterocycles. The minimum absolute atomic E-state index is 0.253. The number of hydrogen-bond acceptors (Lipinski definition) is 3. The molecular weight excluding hydrogens is 326 g/mol. The van der Waals surface area contributed by atoms with E-state index in [1.807, 2.05) is 31.2 Å². The average Bonchev–Trinajstić information content (AvgIpc) is 2.58. The van der Waals surface area contributed by atoms with E-state index in [-0.39, 0.29) is 5.91 Å². The molecule has 1 atom stereocenters. The predicted molar refractivity (Wildman–Crippen MR) is 97.9 cm³/mol. The zero-order valence-electron chi connectivity index (χ0n) is 13.9. The monoisotopic (exact) mass is 345 g/mol. The van der Waals surface area contributed by atoms with Crippen LogP contribution in [-0.2, 0) is 4.79 Å². The number of methoxy groups -OCH3 is 1. The van der Waals surface area contributed by atoms with E-state index >= 15 is 0 Å². The summed E-state index contributed by atoms with van der Waals surface area (Å²) in [6.07, 6.45) is 3.22. The van der Waals surface area contributed by atoms with E-state index in [2.05, 4.69) is 5.32 Å². The van der Waals surface area contributed by atoms with Crippen molar-refractivity contribution < 1.29 is 14.3 Å². The maximum absolute atomic E-state index is 12.2. The molecule has 0 radical (unpaired) electrons. The highest BCUT2D eigenvalue weighted by Gasteiger charge is 2.17. The lowest BCUT2D eigenvalue weighted by atomic mass is 10.2. The first-order chi connectivity index (χ1) is 11.5. The van der Waals surface area contributed by atoms with E-state index in [1.54, 1.807) is 44.4 Å². The van der Waals surface area contributed by atoms with E-state index < -0.39 is 6.10 Å². The summed E-state index contributed by atoms with van der Waals surface area (Å²) in [4.78, 5) is 12.2. The van der Waals surface area contributed by atoms with Crippen molar-refractivity contribution in [1.29, 1.82) is 0 Å². The highest BCUT2D eigenvalue weighted by molar-refractivity contribution is 6.30. The van der Waals surface area contributed by atoms with Crippen LogP contribution in [0.3, 0.4) is 0 Å². The van der Waals surface area contributed by atoms with Crippen molar-refractivity contribution in [1.82, 2.24) is 0 Å². The van der Waals surface area contributed by atoms with Crippen molar-refractivity contribution in [3.8, 4) is 11.5 Å². The summed E-state index contributed by atoms with van der Waals surface area (Å²) < 4.78 is 11.1. The topological polar surface area (TPSA) is 47.6 Å². The Labute approximate surface area is 147 Å². The summed E-state index contributed by atoms with van der Waals surface area (Å²) in [5.74, 6) is 0.846. The van der Waals surface area contributed by atoms with E-state index in [9.17, 15) is 4.79 Å². The number of benzene rings is 2. The van der Waals surface area contributed by atoms with Crippen LogP contribution in [0.1, 0.15) is 19.4 Å². The zero-order valence-corrected chi connectivity index (χ0v) is 14.6. The maximum atomic E-state index is 12.2. The van der Waals surface area contributed by atoms with E-state index in [0.29, 0.717) is 22.2 Å². The summed E-state index contributed by atoms with van der Waals surface area (Å²) in [7, 11) is 1.57. The molecule has 0 fully saturated rings. The van der Waals surface area contributed by atoms with Crippen molar-refractivity contribution >= 4 is 29.3 Å². The van der Waals surface area contributed by atoms with Gasteiger partial charge in [-0.15, -0.1) is 0 Å². The van der Waals surface area contributed by atoms with Crippen molar-refractivity contribution in [3.05, 3.63) is 59.1 Å². The third-order valence-electron chi connectivity index (χ3n) is 3.33. The Morgan fingerprint density at radius 2 is 1.88 bits per heavy atom. The lowest BCUT2D eigenvalue weighted by Gasteiger charge is -2.17. The predicted octanol–water partition coefficient (Wildman–Crippen LogP) is 4.79. The lowest BCUT2D eigenvalue weighted by molar-refractivity contribution is -0.122. The molecule has 0 aliphatic carbocycles. The number of carbonyl (C=O) groups excluding carboxylic acids is 1. The molecule has 1 amide bonds. The molecule has 0 spiro atoms. The fourth-order valence-electron chi connectivity index (χ4n) is 2.10. The van der Waals surface area contributed by atoms with Crippen LogP contribution in [0.25, 0.3) is 6.08 Å². The number of anilines is 1. The van der Waals surface area contributed by atoms with Crippen molar-refractivity contribution in [3.63, 3.8) is 0 Å². The fraction of sp³-hybridized carbons (Fsp3) is 0.211. The van der Waals surface area contributed by atoms with Gasteiger partial charge in [-0.05, 0) is 55.8 Å². The summed E-state index contributed by atoms with van der Waals surface area (Å²) in [6, 6.07) is 12.5. The molecule has 0 aliphatic rings. The Morgan fingerprint density at radius 1 is 1.17 bits per heavy atom. The molecule has 24 heavy (non-hydrogen) atoms. The normalized spacial score (nSPS) is 12.0. The minimum atomic E-state index is -0.679. The van der Waals surface area contributed by atoms with Gasteiger partial charge in [0.2, 0.25) is 0 Å².